The van der Waals surface area contributed by atoms with Crippen molar-refractivity contribution in [2.24, 2.45) is 0 Å². The van der Waals surface area contributed by atoms with Crippen molar-refractivity contribution < 1.29 is 13.2 Å². The normalized spacial score (nSPS) is 13.8. The average molecular weight is 459 g/mol. The van der Waals surface area contributed by atoms with E-state index >= 15 is 4.39 Å². The molecule has 1 aliphatic carbocycles. The summed E-state index contributed by atoms with van der Waals surface area (Å²) in [4.78, 5) is 13.0. The minimum absolute atomic E-state index is 0.232. The number of rotatable bonds is 4. The summed E-state index contributed by atoms with van der Waals surface area (Å²) in [5.74, 6) is -1.38. The standard InChI is InChI=1S/C26H20F3N5/c1-13-22(23-25(30)32-12-33-26(23)34(13)19-3-4-19)20-5-2-15-9-18(31-11-21(15)24(20)29)8-14-6-16(27)10-17(28)7-14/h2,5-7,9-12,19H,3-4,8H2,1H3,(H2,30,32,33). The van der Waals surface area contributed by atoms with Crippen molar-refractivity contribution in [3.8, 4) is 11.1 Å². The minimum atomic E-state index is -0.643. The Morgan fingerprint density at radius 3 is 2.50 bits per heavy atom. The highest BCUT2D eigenvalue weighted by Crippen LogP contribution is 2.45. The van der Waals surface area contributed by atoms with Crippen LogP contribution in [0.3, 0.4) is 0 Å². The zero-order chi connectivity index (χ0) is 23.6. The molecule has 0 atom stereocenters. The summed E-state index contributed by atoms with van der Waals surface area (Å²) in [6, 6.07) is 9.00. The largest absolute Gasteiger partial charge is 0.383 e. The van der Waals surface area contributed by atoms with E-state index in [0.717, 1.165) is 30.2 Å². The molecule has 2 aromatic carbocycles. The van der Waals surface area contributed by atoms with Gasteiger partial charge in [-0.3, -0.25) is 4.98 Å². The van der Waals surface area contributed by atoms with Crippen LogP contribution < -0.4 is 5.73 Å². The van der Waals surface area contributed by atoms with E-state index in [0.29, 0.717) is 50.4 Å². The molecule has 1 fully saturated rings. The zero-order valence-electron chi connectivity index (χ0n) is 18.3. The van der Waals surface area contributed by atoms with Crippen LogP contribution in [0.15, 0.2) is 48.9 Å². The fourth-order valence-electron chi connectivity index (χ4n) is 4.82. The van der Waals surface area contributed by atoms with Crippen LogP contribution in [0, 0.1) is 24.4 Å². The van der Waals surface area contributed by atoms with Gasteiger partial charge in [0.25, 0.3) is 0 Å². The van der Waals surface area contributed by atoms with Gasteiger partial charge >= 0.3 is 0 Å². The van der Waals surface area contributed by atoms with Crippen LogP contribution in [0.2, 0.25) is 0 Å². The predicted octanol–water partition coefficient (Wildman–Crippen LogP) is 5.88. The first-order valence-corrected chi connectivity index (χ1v) is 11.0. The maximum Gasteiger partial charge on any atom is 0.146 e. The van der Waals surface area contributed by atoms with Crippen molar-refractivity contribution in [3.05, 3.63) is 83.3 Å². The van der Waals surface area contributed by atoms with Gasteiger partial charge in [-0.15, -0.1) is 0 Å². The molecule has 3 aromatic heterocycles. The maximum atomic E-state index is 15.9. The van der Waals surface area contributed by atoms with E-state index in [1.54, 1.807) is 12.1 Å². The van der Waals surface area contributed by atoms with Crippen molar-refractivity contribution in [1.82, 2.24) is 19.5 Å². The third-order valence-electron chi connectivity index (χ3n) is 6.44. The van der Waals surface area contributed by atoms with Crippen molar-refractivity contribution in [1.29, 1.82) is 0 Å². The second-order valence-electron chi connectivity index (χ2n) is 8.80. The molecule has 5 aromatic rings. The van der Waals surface area contributed by atoms with Crippen LogP contribution in [-0.4, -0.2) is 19.5 Å². The fourth-order valence-corrected chi connectivity index (χ4v) is 4.82. The average Bonchev–Trinajstić information content (AvgIpc) is 3.57. The Kier molecular flexibility index (Phi) is 4.58. The van der Waals surface area contributed by atoms with E-state index in [1.807, 2.05) is 13.0 Å². The molecule has 0 radical (unpaired) electrons. The van der Waals surface area contributed by atoms with Gasteiger partial charge < -0.3 is 10.3 Å². The van der Waals surface area contributed by atoms with Crippen molar-refractivity contribution in [2.45, 2.75) is 32.2 Å². The summed E-state index contributed by atoms with van der Waals surface area (Å²) in [6.45, 7) is 1.96. The number of nitrogens with two attached hydrogens (primary N) is 1. The molecule has 2 N–H and O–H groups in total. The predicted molar refractivity (Wildman–Crippen MR) is 125 cm³/mol. The minimum Gasteiger partial charge on any atom is -0.383 e. The highest BCUT2D eigenvalue weighted by Gasteiger charge is 2.31. The molecule has 0 aliphatic heterocycles. The Labute approximate surface area is 193 Å². The fraction of sp³-hybridized carbons (Fsp3) is 0.192. The third kappa shape index (κ3) is 3.29. The second-order valence-corrected chi connectivity index (χ2v) is 8.80. The van der Waals surface area contributed by atoms with Gasteiger partial charge in [0.05, 0.1) is 5.39 Å². The third-order valence-corrected chi connectivity index (χ3v) is 6.44. The number of pyridine rings is 1. The number of fused-ring (bicyclic) bond motifs is 2. The molecular weight excluding hydrogens is 439 g/mol. The summed E-state index contributed by atoms with van der Waals surface area (Å²) in [6.07, 6.45) is 5.24. The lowest BCUT2D eigenvalue weighted by molar-refractivity contribution is 0.580. The molecule has 34 heavy (non-hydrogen) atoms. The van der Waals surface area contributed by atoms with Gasteiger partial charge in [-0.1, -0.05) is 12.1 Å². The molecule has 3 heterocycles. The first-order valence-electron chi connectivity index (χ1n) is 11.0. The highest BCUT2D eigenvalue weighted by molar-refractivity contribution is 6.04. The maximum absolute atomic E-state index is 15.9. The lowest BCUT2D eigenvalue weighted by Gasteiger charge is -2.10. The van der Waals surface area contributed by atoms with Crippen LogP contribution in [0.25, 0.3) is 32.9 Å². The molecule has 8 heteroatoms. The molecule has 0 bridgehead atoms. The Balaban J connectivity index is 1.47. The van der Waals surface area contributed by atoms with Crippen molar-refractivity contribution in [3.63, 3.8) is 0 Å². The van der Waals surface area contributed by atoms with E-state index in [1.165, 1.54) is 24.7 Å². The van der Waals surface area contributed by atoms with E-state index in [2.05, 4.69) is 19.5 Å². The quantitative estimate of drug-likeness (QED) is 0.364. The number of anilines is 1. The second kappa shape index (κ2) is 7.55. The Morgan fingerprint density at radius 1 is 1.00 bits per heavy atom. The van der Waals surface area contributed by atoms with Crippen LogP contribution in [0.5, 0.6) is 0 Å². The SMILES string of the molecule is Cc1c(-c2ccc3cc(Cc4cc(F)cc(F)c4)ncc3c2F)c2c(N)ncnc2n1C1CC1. The van der Waals surface area contributed by atoms with E-state index in [4.69, 9.17) is 5.73 Å². The molecule has 0 unspecified atom stereocenters. The molecule has 0 spiro atoms. The van der Waals surface area contributed by atoms with Crippen LogP contribution >= 0.6 is 0 Å². The number of halogens is 3. The Hall–Kier alpha value is -3.94. The number of aromatic nitrogens is 4. The lowest BCUT2D eigenvalue weighted by Crippen LogP contribution is -1.99. The number of nitrogen functional groups attached to an aromatic ring is 1. The smallest absolute Gasteiger partial charge is 0.146 e. The van der Waals surface area contributed by atoms with Gasteiger partial charge in [-0.05, 0) is 48.9 Å². The first kappa shape index (κ1) is 20.7. The first-order chi connectivity index (χ1) is 16.4. The molecule has 5 nitrogen and oxygen atoms in total. The van der Waals surface area contributed by atoms with Gasteiger partial charge in [0.2, 0.25) is 0 Å². The Bertz CT molecular complexity index is 1580. The lowest BCUT2D eigenvalue weighted by atomic mass is 9.98. The van der Waals surface area contributed by atoms with Crippen LogP contribution in [-0.2, 0) is 6.42 Å². The summed E-state index contributed by atoms with van der Waals surface area (Å²) in [5, 5.41) is 1.66. The number of benzene rings is 2. The summed E-state index contributed by atoms with van der Waals surface area (Å²) >= 11 is 0. The number of nitrogens with zero attached hydrogens (tertiary/aromatic N) is 4. The molecule has 1 saturated carbocycles. The molecular formula is C26H20F3N5. The molecule has 170 valence electrons. The van der Waals surface area contributed by atoms with E-state index in [9.17, 15) is 8.78 Å². The number of hydrogen-bond donors (Lipinski definition) is 1. The molecule has 0 saturated heterocycles. The van der Waals surface area contributed by atoms with Crippen LogP contribution in [0.4, 0.5) is 19.0 Å². The zero-order valence-corrected chi connectivity index (χ0v) is 18.3. The van der Waals surface area contributed by atoms with E-state index < -0.39 is 17.5 Å². The summed E-state index contributed by atoms with van der Waals surface area (Å²) in [5.41, 5.74) is 10.00. The van der Waals surface area contributed by atoms with Crippen LogP contribution in [0.1, 0.15) is 35.8 Å². The van der Waals surface area contributed by atoms with Crippen molar-refractivity contribution >= 4 is 27.6 Å². The molecule has 0 amide bonds. The topological polar surface area (TPSA) is 69.6 Å². The van der Waals surface area contributed by atoms with Gasteiger partial charge in [-0.2, -0.15) is 0 Å². The van der Waals surface area contributed by atoms with Gasteiger partial charge in [0, 0.05) is 52.6 Å². The molecule has 6 rings (SSSR count). The van der Waals surface area contributed by atoms with E-state index in [-0.39, 0.29) is 6.42 Å². The molecule has 1 aliphatic rings. The monoisotopic (exact) mass is 459 g/mol. The summed E-state index contributed by atoms with van der Waals surface area (Å²) in [7, 11) is 0. The Morgan fingerprint density at radius 2 is 1.76 bits per heavy atom. The van der Waals surface area contributed by atoms with Gasteiger partial charge in [0.15, 0.2) is 0 Å². The van der Waals surface area contributed by atoms with Gasteiger partial charge in [0.1, 0.15) is 35.2 Å². The number of hydrogen-bond acceptors (Lipinski definition) is 4. The summed E-state index contributed by atoms with van der Waals surface area (Å²) < 4.78 is 45.1. The van der Waals surface area contributed by atoms with Crippen molar-refractivity contribution in [2.75, 3.05) is 5.73 Å². The highest BCUT2D eigenvalue weighted by atomic mass is 19.1. The van der Waals surface area contributed by atoms with Gasteiger partial charge in [-0.25, -0.2) is 23.1 Å².